The molecule has 1 aromatic heterocycles. The van der Waals surface area contributed by atoms with Crippen molar-refractivity contribution in [2.45, 2.75) is 0 Å². The first kappa shape index (κ1) is 5.60. The second-order valence-corrected chi connectivity index (χ2v) is 1.26. The van der Waals surface area contributed by atoms with Crippen LogP contribution in [0.3, 0.4) is 0 Å². The lowest BCUT2D eigenvalue weighted by Crippen LogP contribution is -1.91. The van der Waals surface area contributed by atoms with Gasteiger partial charge in [-0.15, -0.1) is 10.2 Å². The maximum absolute atomic E-state index is 9.45. The first-order chi connectivity index (χ1) is 4.33. The SMILES string of the molecule is Cn1nnc(/N=N/[O-])n1. The average molecular weight is 127 g/mol. The molecule has 0 aliphatic carbocycles. The van der Waals surface area contributed by atoms with Gasteiger partial charge in [-0.2, -0.15) is 4.80 Å². The van der Waals surface area contributed by atoms with E-state index in [1.54, 1.807) is 7.05 Å². The molecule has 1 aromatic rings. The minimum Gasteiger partial charge on any atom is -0.775 e. The van der Waals surface area contributed by atoms with E-state index in [0.29, 0.717) is 0 Å². The molecule has 0 N–H and O–H groups in total. The van der Waals surface area contributed by atoms with E-state index in [1.165, 1.54) is 4.80 Å². The lowest BCUT2D eigenvalue weighted by atomic mass is 11.1. The number of hydrogen-bond acceptors (Lipinski definition) is 6. The summed E-state index contributed by atoms with van der Waals surface area (Å²) < 4.78 is 0. The first-order valence-corrected chi connectivity index (χ1v) is 2.10. The molecular weight excluding hydrogens is 124 g/mol. The summed E-state index contributed by atoms with van der Waals surface area (Å²) in [5, 5.41) is 24.9. The Labute approximate surface area is 50.0 Å². The van der Waals surface area contributed by atoms with Gasteiger partial charge in [0.15, 0.2) is 0 Å². The highest BCUT2D eigenvalue weighted by atomic mass is 16.5. The minimum atomic E-state index is -0.0208. The smallest absolute Gasteiger partial charge is 0.307 e. The molecule has 9 heavy (non-hydrogen) atoms. The van der Waals surface area contributed by atoms with Crippen molar-refractivity contribution in [1.29, 1.82) is 0 Å². The Morgan fingerprint density at radius 3 is 2.89 bits per heavy atom. The monoisotopic (exact) mass is 127 g/mol. The van der Waals surface area contributed by atoms with Crippen LogP contribution in [0.1, 0.15) is 0 Å². The van der Waals surface area contributed by atoms with E-state index in [-0.39, 0.29) is 5.95 Å². The molecule has 0 aliphatic heterocycles. The van der Waals surface area contributed by atoms with Crippen LogP contribution in [-0.4, -0.2) is 20.2 Å². The van der Waals surface area contributed by atoms with E-state index < -0.39 is 0 Å². The second kappa shape index (κ2) is 2.16. The molecule has 0 fully saturated rings. The molecule has 0 unspecified atom stereocenters. The highest BCUT2D eigenvalue weighted by molar-refractivity contribution is 5.04. The maximum atomic E-state index is 9.45. The van der Waals surface area contributed by atoms with E-state index in [2.05, 4.69) is 25.8 Å². The van der Waals surface area contributed by atoms with Crippen molar-refractivity contribution in [3.05, 3.63) is 5.21 Å². The third-order valence-electron chi connectivity index (χ3n) is 0.628. The standard InChI is InChI=1S/C2H4N6O/c1-8-5-2(3-6-8)4-7-9/h1H3,(H,4,5,9)/p-1. The molecule has 0 radical (unpaired) electrons. The van der Waals surface area contributed by atoms with Crippen LogP contribution in [0.2, 0.25) is 0 Å². The van der Waals surface area contributed by atoms with Crippen LogP contribution in [-0.2, 0) is 7.05 Å². The number of nitrogens with zero attached hydrogens (tertiary/aromatic N) is 6. The number of tetrazole rings is 1. The molecule has 0 spiro atoms. The Kier molecular flexibility index (Phi) is 1.34. The van der Waals surface area contributed by atoms with Crippen LogP contribution in [0.25, 0.3) is 0 Å². The van der Waals surface area contributed by atoms with E-state index in [9.17, 15) is 5.21 Å². The highest BCUT2D eigenvalue weighted by Gasteiger charge is 1.92. The zero-order chi connectivity index (χ0) is 6.69. The molecule has 0 amide bonds. The quantitative estimate of drug-likeness (QED) is 0.385. The number of aromatic nitrogens is 4. The molecule has 7 heteroatoms. The number of rotatable bonds is 1. The van der Waals surface area contributed by atoms with Gasteiger partial charge in [-0.25, -0.2) is 5.28 Å². The molecule has 0 saturated heterocycles. The summed E-state index contributed by atoms with van der Waals surface area (Å²) in [6, 6.07) is 0. The zero-order valence-corrected chi connectivity index (χ0v) is 4.59. The van der Waals surface area contributed by atoms with Gasteiger partial charge in [0.25, 0.3) is 0 Å². The van der Waals surface area contributed by atoms with E-state index in [1.807, 2.05) is 0 Å². The average Bonchev–Trinajstić information content (AvgIpc) is 2.17. The Morgan fingerprint density at radius 2 is 2.44 bits per heavy atom. The van der Waals surface area contributed by atoms with Crippen molar-refractivity contribution >= 4 is 5.95 Å². The molecule has 0 bridgehead atoms. The second-order valence-electron chi connectivity index (χ2n) is 1.26. The van der Waals surface area contributed by atoms with Gasteiger partial charge in [0.05, 0.1) is 7.05 Å². The fourth-order valence-corrected chi connectivity index (χ4v) is 0.351. The van der Waals surface area contributed by atoms with Crippen LogP contribution >= 0.6 is 0 Å². The van der Waals surface area contributed by atoms with E-state index in [4.69, 9.17) is 0 Å². The predicted octanol–water partition coefficient (Wildman–Crippen LogP) is -0.208. The third kappa shape index (κ3) is 1.18. The van der Waals surface area contributed by atoms with Gasteiger partial charge in [0, 0.05) is 0 Å². The van der Waals surface area contributed by atoms with E-state index in [0.717, 1.165) is 0 Å². The van der Waals surface area contributed by atoms with Crippen molar-refractivity contribution < 1.29 is 0 Å². The maximum Gasteiger partial charge on any atom is 0.307 e. The summed E-state index contributed by atoms with van der Waals surface area (Å²) in [6.45, 7) is 0. The molecule has 0 aromatic carbocycles. The van der Waals surface area contributed by atoms with Crippen molar-refractivity contribution in [2.75, 3.05) is 0 Å². The molecular formula is C2H3N6O-. The molecule has 1 heterocycles. The van der Waals surface area contributed by atoms with Crippen molar-refractivity contribution in [3.63, 3.8) is 0 Å². The molecule has 0 saturated carbocycles. The van der Waals surface area contributed by atoms with Crippen LogP contribution < -0.4 is 0 Å². The van der Waals surface area contributed by atoms with Gasteiger partial charge >= 0.3 is 5.95 Å². The predicted molar refractivity (Wildman–Crippen MR) is 26.7 cm³/mol. The fourth-order valence-electron chi connectivity index (χ4n) is 0.351. The summed E-state index contributed by atoms with van der Waals surface area (Å²) in [4.78, 5) is 1.18. The lowest BCUT2D eigenvalue weighted by molar-refractivity contribution is 0.630. The van der Waals surface area contributed by atoms with Crippen LogP contribution in [0, 0.1) is 5.21 Å². The normalized spacial score (nSPS) is 10.8. The third-order valence-corrected chi connectivity index (χ3v) is 0.628. The van der Waals surface area contributed by atoms with Crippen molar-refractivity contribution in [3.8, 4) is 0 Å². The van der Waals surface area contributed by atoms with Gasteiger partial charge in [0.2, 0.25) is 0 Å². The summed E-state index contributed by atoms with van der Waals surface area (Å²) in [5.74, 6) is -0.0208. The van der Waals surface area contributed by atoms with Crippen molar-refractivity contribution in [1.82, 2.24) is 20.2 Å². The van der Waals surface area contributed by atoms with Crippen LogP contribution in [0.15, 0.2) is 10.4 Å². The minimum absolute atomic E-state index is 0.0208. The Hall–Kier alpha value is -1.53. The Morgan fingerprint density at radius 1 is 1.67 bits per heavy atom. The van der Waals surface area contributed by atoms with Gasteiger partial charge in [-0.05, 0) is 5.21 Å². The van der Waals surface area contributed by atoms with Crippen LogP contribution in [0.4, 0.5) is 5.95 Å². The largest absolute Gasteiger partial charge is 0.775 e. The van der Waals surface area contributed by atoms with Crippen LogP contribution in [0.5, 0.6) is 0 Å². The fraction of sp³-hybridized carbons (Fsp3) is 0.500. The first-order valence-electron chi connectivity index (χ1n) is 2.10. The van der Waals surface area contributed by atoms with E-state index >= 15 is 0 Å². The summed E-state index contributed by atoms with van der Waals surface area (Å²) in [6.07, 6.45) is 0. The summed E-state index contributed by atoms with van der Waals surface area (Å²) in [5.41, 5.74) is 0. The molecule has 0 aliphatic rings. The molecule has 7 nitrogen and oxygen atoms in total. The number of hydrogen-bond donors (Lipinski definition) is 0. The Balaban J connectivity index is 2.85. The van der Waals surface area contributed by atoms with Gasteiger partial charge in [-0.1, -0.05) is 5.10 Å². The van der Waals surface area contributed by atoms with Gasteiger partial charge in [0.1, 0.15) is 0 Å². The van der Waals surface area contributed by atoms with Gasteiger partial charge < -0.3 is 5.21 Å². The topological polar surface area (TPSA) is 91.4 Å². The molecule has 0 atom stereocenters. The molecule has 1 rings (SSSR count). The number of aryl methyl sites for hydroxylation is 1. The molecule has 48 valence electrons. The van der Waals surface area contributed by atoms with Gasteiger partial charge in [-0.3, -0.25) is 0 Å². The summed E-state index contributed by atoms with van der Waals surface area (Å²) >= 11 is 0. The zero-order valence-electron chi connectivity index (χ0n) is 4.59. The summed E-state index contributed by atoms with van der Waals surface area (Å²) in [7, 11) is 1.57. The lowest BCUT2D eigenvalue weighted by Gasteiger charge is -1.81. The Bertz CT molecular complexity index is 215. The highest BCUT2D eigenvalue weighted by Crippen LogP contribution is 1.96. The van der Waals surface area contributed by atoms with Crippen molar-refractivity contribution in [2.24, 2.45) is 17.4 Å².